The Morgan fingerprint density at radius 2 is 1.82 bits per heavy atom. The zero-order chi connectivity index (χ0) is 12.7. The summed E-state index contributed by atoms with van der Waals surface area (Å²) in [5, 5.41) is 11.7. The van der Waals surface area contributed by atoms with Crippen LogP contribution in [0.1, 0.15) is 64.7 Å². The van der Waals surface area contributed by atoms with Crippen LogP contribution in [0.2, 0.25) is 0 Å². The predicted octanol–water partition coefficient (Wildman–Crippen LogP) is 2.47. The second-order valence-electron chi connectivity index (χ2n) is 5.12. The van der Waals surface area contributed by atoms with Crippen molar-refractivity contribution in [1.82, 2.24) is 5.32 Å². The molecule has 1 aliphatic rings. The van der Waals surface area contributed by atoms with Gasteiger partial charge in [-0.05, 0) is 25.7 Å². The van der Waals surface area contributed by atoms with Crippen molar-refractivity contribution in [2.24, 2.45) is 0 Å². The van der Waals surface area contributed by atoms with Crippen LogP contribution in [0, 0.1) is 0 Å². The molecule has 1 rings (SSSR count). The van der Waals surface area contributed by atoms with E-state index < -0.39 is 5.97 Å². The average molecular weight is 241 g/mol. The van der Waals surface area contributed by atoms with Crippen molar-refractivity contribution in [2.75, 3.05) is 0 Å². The molecule has 1 aliphatic carbocycles. The lowest BCUT2D eigenvalue weighted by Crippen LogP contribution is -2.48. The smallest absolute Gasteiger partial charge is 0.303 e. The van der Waals surface area contributed by atoms with Gasteiger partial charge in [-0.15, -0.1) is 0 Å². The topological polar surface area (TPSA) is 66.4 Å². The zero-order valence-corrected chi connectivity index (χ0v) is 10.6. The molecule has 0 aromatic heterocycles. The summed E-state index contributed by atoms with van der Waals surface area (Å²) in [5.74, 6) is -0.702. The molecule has 0 atom stereocenters. The van der Waals surface area contributed by atoms with Gasteiger partial charge in [-0.2, -0.15) is 0 Å². The number of carbonyl (C=O) groups is 2. The molecule has 2 N–H and O–H groups in total. The van der Waals surface area contributed by atoms with E-state index in [0.717, 1.165) is 25.7 Å². The largest absolute Gasteiger partial charge is 0.481 e. The summed E-state index contributed by atoms with van der Waals surface area (Å²) in [6, 6.07) is 0. The summed E-state index contributed by atoms with van der Waals surface area (Å²) in [6.07, 6.45) is 8.40. The summed E-state index contributed by atoms with van der Waals surface area (Å²) in [4.78, 5) is 21.7. The van der Waals surface area contributed by atoms with Gasteiger partial charge in [0, 0.05) is 18.9 Å². The standard InChI is InChI=1S/C13H23NO3/c1-11(15)14-13(8-4-2-5-9-13)10-6-3-7-12(16)17/h2-10H2,1H3,(H,14,15)(H,16,17). The lowest BCUT2D eigenvalue weighted by molar-refractivity contribution is -0.137. The fourth-order valence-corrected chi connectivity index (χ4v) is 2.78. The highest BCUT2D eigenvalue weighted by Gasteiger charge is 2.31. The number of hydrogen-bond donors (Lipinski definition) is 2. The SMILES string of the molecule is CC(=O)NC1(CCCCC(=O)O)CCCCC1. The van der Waals surface area contributed by atoms with Crippen LogP contribution in [0.3, 0.4) is 0 Å². The Hall–Kier alpha value is -1.06. The summed E-state index contributed by atoms with van der Waals surface area (Å²) in [5.41, 5.74) is -0.0530. The minimum absolute atomic E-state index is 0.0325. The second kappa shape index (κ2) is 6.62. The molecule has 0 unspecified atom stereocenters. The number of carboxylic acids is 1. The number of nitrogens with one attached hydrogen (secondary N) is 1. The van der Waals surface area contributed by atoms with E-state index >= 15 is 0 Å². The van der Waals surface area contributed by atoms with Crippen LogP contribution in [0.5, 0.6) is 0 Å². The summed E-state index contributed by atoms with van der Waals surface area (Å²) < 4.78 is 0. The lowest BCUT2D eigenvalue weighted by Gasteiger charge is -2.38. The summed E-state index contributed by atoms with van der Waals surface area (Å²) in [7, 11) is 0. The van der Waals surface area contributed by atoms with Crippen LogP contribution in [-0.2, 0) is 9.59 Å². The van der Waals surface area contributed by atoms with Crippen LogP contribution < -0.4 is 5.32 Å². The molecule has 0 aliphatic heterocycles. The Morgan fingerprint density at radius 3 is 2.35 bits per heavy atom. The van der Waals surface area contributed by atoms with E-state index in [1.807, 2.05) is 0 Å². The number of amides is 1. The maximum absolute atomic E-state index is 11.3. The van der Waals surface area contributed by atoms with Crippen molar-refractivity contribution in [3.8, 4) is 0 Å². The van der Waals surface area contributed by atoms with Crippen LogP contribution >= 0.6 is 0 Å². The fraction of sp³-hybridized carbons (Fsp3) is 0.846. The van der Waals surface area contributed by atoms with Gasteiger partial charge in [0.05, 0.1) is 0 Å². The minimum Gasteiger partial charge on any atom is -0.481 e. The zero-order valence-electron chi connectivity index (χ0n) is 10.6. The first-order valence-electron chi connectivity index (χ1n) is 6.55. The number of unbranched alkanes of at least 4 members (excludes halogenated alkanes) is 1. The van der Waals surface area contributed by atoms with Crippen molar-refractivity contribution < 1.29 is 14.7 Å². The van der Waals surface area contributed by atoms with E-state index in [0.29, 0.717) is 6.42 Å². The average Bonchev–Trinajstić information content (AvgIpc) is 2.24. The lowest BCUT2D eigenvalue weighted by atomic mass is 9.78. The molecule has 4 heteroatoms. The third-order valence-electron chi connectivity index (χ3n) is 3.55. The second-order valence-corrected chi connectivity index (χ2v) is 5.12. The third-order valence-corrected chi connectivity index (χ3v) is 3.55. The molecule has 1 fully saturated rings. The fourth-order valence-electron chi connectivity index (χ4n) is 2.78. The molecule has 0 saturated heterocycles. The van der Waals surface area contributed by atoms with Gasteiger partial charge < -0.3 is 10.4 Å². The van der Waals surface area contributed by atoms with Gasteiger partial charge in [0.15, 0.2) is 0 Å². The van der Waals surface area contributed by atoms with Crippen LogP contribution in [0.15, 0.2) is 0 Å². The molecule has 0 heterocycles. The van der Waals surface area contributed by atoms with Gasteiger partial charge >= 0.3 is 5.97 Å². The van der Waals surface area contributed by atoms with Gasteiger partial charge in [0.2, 0.25) is 5.91 Å². The normalized spacial score (nSPS) is 18.6. The van der Waals surface area contributed by atoms with E-state index in [1.54, 1.807) is 6.92 Å². The van der Waals surface area contributed by atoms with E-state index in [9.17, 15) is 9.59 Å². The van der Waals surface area contributed by atoms with Crippen molar-refractivity contribution in [3.63, 3.8) is 0 Å². The third kappa shape index (κ3) is 5.20. The van der Waals surface area contributed by atoms with Crippen LogP contribution in [0.25, 0.3) is 0 Å². The van der Waals surface area contributed by atoms with Gasteiger partial charge in [-0.25, -0.2) is 0 Å². The highest BCUT2D eigenvalue weighted by Crippen LogP contribution is 2.32. The summed E-state index contributed by atoms with van der Waals surface area (Å²) >= 11 is 0. The van der Waals surface area contributed by atoms with Gasteiger partial charge in [0.1, 0.15) is 0 Å². The molecule has 0 spiro atoms. The molecule has 0 radical (unpaired) electrons. The molecule has 0 bridgehead atoms. The Bertz CT molecular complexity index is 270. The van der Waals surface area contributed by atoms with E-state index in [1.165, 1.54) is 19.3 Å². The maximum Gasteiger partial charge on any atom is 0.303 e. The van der Waals surface area contributed by atoms with E-state index in [-0.39, 0.29) is 17.9 Å². The van der Waals surface area contributed by atoms with Crippen molar-refractivity contribution in [2.45, 2.75) is 70.3 Å². The Labute approximate surface area is 103 Å². The number of carbonyl (C=O) groups excluding carboxylic acids is 1. The number of rotatable bonds is 6. The van der Waals surface area contributed by atoms with Crippen molar-refractivity contribution in [3.05, 3.63) is 0 Å². The molecular formula is C13H23NO3. The van der Waals surface area contributed by atoms with Crippen LogP contribution in [0.4, 0.5) is 0 Å². The van der Waals surface area contributed by atoms with E-state index in [4.69, 9.17) is 5.11 Å². The highest BCUT2D eigenvalue weighted by molar-refractivity contribution is 5.73. The Kier molecular flexibility index (Phi) is 5.45. The van der Waals surface area contributed by atoms with Gasteiger partial charge in [-0.3, -0.25) is 9.59 Å². The molecule has 4 nitrogen and oxygen atoms in total. The quantitative estimate of drug-likeness (QED) is 0.702. The number of carboxylic acid groups (broad SMARTS) is 1. The molecular weight excluding hydrogens is 218 g/mol. The molecule has 0 aromatic carbocycles. The molecule has 1 amide bonds. The molecule has 98 valence electrons. The Morgan fingerprint density at radius 1 is 1.18 bits per heavy atom. The predicted molar refractivity (Wildman–Crippen MR) is 65.7 cm³/mol. The molecule has 1 saturated carbocycles. The first-order chi connectivity index (χ1) is 8.04. The maximum atomic E-state index is 11.3. The van der Waals surface area contributed by atoms with Crippen LogP contribution in [-0.4, -0.2) is 22.5 Å². The number of hydrogen-bond acceptors (Lipinski definition) is 2. The monoisotopic (exact) mass is 241 g/mol. The first-order valence-corrected chi connectivity index (χ1v) is 6.55. The van der Waals surface area contributed by atoms with Crippen molar-refractivity contribution in [1.29, 1.82) is 0 Å². The Balaban J connectivity index is 2.40. The van der Waals surface area contributed by atoms with Crippen molar-refractivity contribution >= 4 is 11.9 Å². The summed E-state index contributed by atoms with van der Waals surface area (Å²) in [6.45, 7) is 1.56. The number of aliphatic carboxylic acids is 1. The molecule has 17 heavy (non-hydrogen) atoms. The minimum atomic E-state index is -0.734. The molecule has 0 aromatic rings. The van der Waals surface area contributed by atoms with Gasteiger partial charge in [-0.1, -0.05) is 25.7 Å². The first kappa shape index (κ1) is 14.0. The van der Waals surface area contributed by atoms with E-state index in [2.05, 4.69) is 5.32 Å². The highest BCUT2D eigenvalue weighted by atomic mass is 16.4. The van der Waals surface area contributed by atoms with Gasteiger partial charge in [0.25, 0.3) is 0 Å².